The molecule has 78 valence electrons. The van der Waals surface area contributed by atoms with Crippen LogP contribution in [0.4, 0.5) is 8.78 Å². The Balaban J connectivity index is 3.25. The number of benzene rings is 1. The topological polar surface area (TPSA) is 46.2 Å². The molecule has 1 aromatic carbocycles. The molecule has 0 aliphatic rings. The maximum absolute atomic E-state index is 13.2. The van der Waals surface area contributed by atoms with Gasteiger partial charge in [-0.05, 0) is 19.1 Å². The van der Waals surface area contributed by atoms with Crippen molar-refractivity contribution in [2.75, 3.05) is 0 Å². The van der Waals surface area contributed by atoms with E-state index >= 15 is 0 Å². The molecule has 3 N–H and O–H groups in total. The van der Waals surface area contributed by atoms with E-state index in [-0.39, 0.29) is 10.6 Å². The van der Waals surface area contributed by atoms with Crippen LogP contribution in [-0.4, -0.2) is 11.2 Å². The van der Waals surface area contributed by atoms with Gasteiger partial charge in [0.05, 0.1) is 17.2 Å². The van der Waals surface area contributed by atoms with Gasteiger partial charge in [-0.15, -0.1) is 0 Å². The van der Waals surface area contributed by atoms with Crippen LogP contribution < -0.4 is 5.73 Å². The van der Waals surface area contributed by atoms with Crippen LogP contribution in [0.3, 0.4) is 0 Å². The van der Waals surface area contributed by atoms with Crippen LogP contribution in [0.5, 0.6) is 0 Å². The third kappa shape index (κ3) is 2.03. The fraction of sp³-hybridized carbons (Fsp3) is 0.333. The summed E-state index contributed by atoms with van der Waals surface area (Å²) < 4.78 is 26.1. The second kappa shape index (κ2) is 4.21. The molecule has 2 atom stereocenters. The molecule has 0 saturated heterocycles. The zero-order valence-corrected chi connectivity index (χ0v) is 8.22. The molecule has 0 heterocycles. The van der Waals surface area contributed by atoms with Gasteiger partial charge in [-0.1, -0.05) is 11.6 Å². The summed E-state index contributed by atoms with van der Waals surface area (Å²) in [5, 5.41) is 8.76. The maximum atomic E-state index is 13.2. The summed E-state index contributed by atoms with van der Waals surface area (Å²) in [5.74, 6) is -1.47. The zero-order chi connectivity index (χ0) is 10.9. The van der Waals surface area contributed by atoms with Crippen LogP contribution >= 0.6 is 11.6 Å². The summed E-state index contributed by atoms with van der Waals surface area (Å²) in [5.41, 5.74) is 5.27. The Labute approximate surface area is 85.3 Å². The number of hydrogen-bond donors (Lipinski definition) is 2. The van der Waals surface area contributed by atoms with E-state index in [4.69, 9.17) is 22.4 Å². The highest BCUT2D eigenvalue weighted by Gasteiger charge is 2.21. The monoisotopic (exact) mass is 221 g/mol. The predicted octanol–water partition coefficient (Wildman–Crippen LogP) is 2.00. The van der Waals surface area contributed by atoms with Gasteiger partial charge in [0.25, 0.3) is 0 Å². The lowest BCUT2D eigenvalue weighted by Crippen LogP contribution is -2.24. The van der Waals surface area contributed by atoms with Gasteiger partial charge in [-0.2, -0.15) is 0 Å². The van der Waals surface area contributed by atoms with E-state index in [9.17, 15) is 8.78 Å². The first-order valence-corrected chi connectivity index (χ1v) is 4.40. The standard InChI is InChI=1S/C9H10ClF2NO/c1-4(14)9(13)7-5(11)2-3-6(12)8(7)10/h2-4,9,14H,13H2,1H3/t4-,9+/m0/s1. The van der Waals surface area contributed by atoms with Gasteiger partial charge >= 0.3 is 0 Å². The highest BCUT2D eigenvalue weighted by atomic mass is 35.5. The van der Waals surface area contributed by atoms with Crippen molar-refractivity contribution in [3.63, 3.8) is 0 Å². The maximum Gasteiger partial charge on any atom is 0.142 e. The lowest BCUT2D eigenvalue weighted by Gasteiger charge is -2.17. The highest BCUT2D eigenvalue weighted by Crippen LogP contribution is 2.28. The third-order valence-electron chi connectivity index (χ3n) is 1.93. The zero-order valence-electron chi connectivity index (χ0n) is 7.47. The van der Waals surface area contributed by atoms with Crippen molar-refractivity contribution in [3.8, 4) is 0 Å². The average Bonchev–Trinajstić information content (AvgIpc) is 2.12. The quantitative estimate of drug-likeness (QED) is 0.751. The van der Waals surface area contributed by atoms with Gasteiger partial charge in [0.2, 0.25) is 0 Å². The highest BCUT2D eigenvalue weighted by molar-refractivity contribution is 6.31. The van der Waals surface area contributed by atoms with E-state index in [0.29, 0.717) is 0 Å². The van der Waals surface area contributed by atoms with E-state index < -0.39 is 23.8 Å². The molecule has 0 amide bonds. The molecular formula is C9H10ClF2NO. The number of halogens is 3. The molecule has 0 radical (unpaired) electrons. The summed E-state index contributed by atoms with van der Waals surface area (Å²) in [6, 6.07) is 0.813. The minimum absolute atomic E-state index is 0.193. The van der Waals surface area contributed by atoms with Crippen molar-refractivity contribution >= 4 is 11.6 Å². The summed E-state index contributed by atoms with van der Waals surface area (Å²) in [4.78, 5) is 0. The average molecular weight is 222 g/mol. The normalized spacial score (nSPS) is 15.3. The van der Waals surface area contributed by atoms with Gasteiger partial charge in [0.15, 0.2) is 0 Å². The summed E-state index contributed by atoms with van der Waals surface area (Å²) in [7, 11) is 0. The van der Waals surface area contributed by atoms with E-state index in [1.807, 2.05) is 0 Å². The van der Waals surface area contributed by atoms with Gasteiger partial charge < -0.3 is 10.8 Å². The van der Waals surface area contributed by atoms with Gasteiger partial charge in [0, 0.05) is 5.56 Å². The van der Waals surface area contributed by atoms with Gasteiger partial charge in [0.1, 0.15) is 11.6 Å². The summed E-state index contributed by atoms with van der Waals surface area (Å²) in [6.45, 7) is 1.38. The van der Waals surface area contributed by atoms with Gasteiger partial charge in [-0.25, -0.2) is 8.78 Å². The van der Waals surface area contributed by atoms with Crippen LogP contribution in [0, 0.1) is 11.6 Å². The Bertz CT molecular complexity index is 344. The molecule has 14 heavy (non-hydrogen) atoms. The smallest absolute Gasteiger partial charge is 0.142 e. The van der Waals surface area contributed by atoms with Crippen LogP contribution in [0.1, 0.15) is 18.5 Å². The van der Waals surface area contributed by atoms with Crippen molar-refractivity contribution in [1.29, 1.82) is 0 Å². The first-order valence-electron chi connectivity index (χ1n) is 4.02. The molecule has 1 aromatic rings. The van der Waals surface area contributed by atoms with Crippen LogP contribution in [0.25, 0.3) is 0 Å². The number of aliphatic hydroxyl groups excluding tert-OH is 1. The van der Waals surface area contributed by atoms with Crippen molar-refractivity contribution in [2.45, 2.75) is 19.1 Å². The third-order valence-corrected chi connectivity index (χ3v) is 2.32. The van der Waals surface area contributed by atoms with Crippen molar-refractivity contribution in [2.24, 2.45) is 5.73 Å². The van der Waals surface area contributed by atoms with Crippen molar-refractivity contribution in [1.82, 2.24) is 0 Å². The Hall–Kier alpha value is -0.710. The van der Waals surface area contributed by atoms with E-state index in [1.165, 1.54) is 6.92 Å². The summed E-state index contributed by atoms with van der Waals surface area (Å²) >= 11 is 5.53. The Morgan fingerprint density at radius 3 is 2.36 bits per heavy atom. The minimum atomic E-state index is -1.03. The molecule has 0 aromatic heterocycles. The molecule has 2 nitrogen and oxygen atoms in total. The molecule has 0 fully saturated rings. The fourth-order valence-electron chi connectivity index (χ4n) is 1.09. The second-order valence-corrected chi connectivity index (χ2v) is 3.40. The Morgan fingerprint density at radius 1 is 1.36 bits per heavy atom. The molecular weight excluding hydrogens is 212 g/mol. The lowest BCUT2D eigenvalue weighted by atomic mass is 10.0. The Kier molecular flexibility index (Phi) is 3.42. The molecule has 1 rings (SSSR count). The van der Waals surface area contributed by atoms with Crippen LogP contribution in [-0.2, 0) is 0 Å². The molecule has 0 unspecified atom stereocenters. The summed E-state index contributed by atoms with van der Waals surface area (Å²) in [6.07, 6.45) is -0.996. The molecule has 0 aliphatic carbocycles. The van der Waals surface area contributed by atoms with E-state index in [1.54, 1.807) is 0 Å². The second-order valence-electron chi connectivity index (χ2n) is 3.02. The molecule has 0 aliphatic heterocycles. The first-order chi connectivity index (χ1) is 6.45. The van der Waals surface area contributed by atoms with Crippen molar-refractivity contribution < 1.29 is 13.9 Å². The molecule has 0 spiro atoms. The minimum Gasteiger partial charge on any atom is -0.391 e. The predicted molar refractivity (Wildman–Crippen MR) is 50.0 cm³/mol. The largest absolute Gasteiger partial charge is 0.391 e. The number of nitrogens with two attached hydrogens (primary N) is 1. The SMILES string of the molecule is C[C@H](O)[C@@H](N)c1c(F)ccc(F)c1Cl. The number of hydrogen-bond acceptors (Lipinski definition) is 2. The first kappa shape index (κ1) is 11.4. The van der Waals surface area contributed by atoms with Crippen LogP contribution in [0.2, 0.25) is 5.02 Å². The lowest BCUT2D eigenvalue weighted by molar-refractivity contribution is 0.162. The van der Waals surface area contributed by atoms with E-state index in [0.717, 1.165) is 12.1 Å². The molecule has 5 heteroatoms. The van der Waals surface area contributed by atoms with Crippen molar-refractivity contribution in [3.05, 3.63) is 34.4 Å². The Morgan fingerprint density at radius 2 is 1.86 bits per heavy atom. The van der Waals surface area contributed by atoms with E-state index in [2.05, 4.69) is 0 Å². The number of rotatable bonds is 2. The van der Waals surface area contributed by atoms with Gasteiger partial charge in [-0.3, -0.25) is 0 Å². The molecule has 0 bridgehead atoms. The fourth-order valence-corrected chi connectivity index (χ4v) is 1.37. The number of aliphatic hydroxyl groups is 1. The molecule has 0 saturated carbocycles. The van der Waals surface area contributed by atoms with Crippen LogP contribution in [0.15, 0.2) is 12.1 Å².